The molecule has 1 amide bonds. The minimum atomic E-state index is -0.0123. The topological polar surface area (TPSA) is 61.6 Å². The Labute approximate surface area is 104 Å². The highest BCUT2D eigenvalue weighted by atomic mass is 16.1. The summed E-state index contributed by atoms with van der Waals surface area (Å²) in [7, 11) is 4.23. The van der Waals surface area contributed by atoms with Crippen LogP contribution in [0.3, 0.4) is 0 Å². The average molecular weight is 242 g/mol. The SMILES string of the molecule is CCC(N)CC(=O)NCC1CN(C)CCN1C. The Morgan fingerprint density at radius 3 is 2.82 bits per heavy atom. The zero-order valence-corrected chi connectivity index (χ0v) is 11.3. The lowest BCUT2D eigenvalue weighted by molar-refractivity contribution is -0.121. The largest absolute Gasteiger partial charge is 0.354 e. The van der Waals surface area contributed by atoms with Crippen LogP contribution in [0.4, 0.5) is 0 Å². The Morgan fingerprint density at radius 1 is 1.47 bits per heavy atom. The smallest absolute Gasteiger partial charge is 0.221 e. The molecule has 0 spiro atoms. The molecule has 5 nitrogen and oxygen atoms in total. The van der Waals surface area contributed by atoms with E-state index in [1.807, 2.05) is 6.92 Å². The molecule has 2 unspecified atom stereocenters. The van der Waals surface area contributed by atoms with Gasteiger partial charge in [-0.1, -0.05) is 6.92 Å². The van der Waals surface area contributed by atoms with Crippen LogP contribution in [-0.2, 0) is 4.79 Å². The Balaban J connectivity index is 2.26. The molecular weight excluding hydrogens is 216 g/mol. The molecule has 0 aromatic carbocycles. The molecule has 100 valence electrons. The van der Waals surface area contributed by atoms with Crippen LogP contribution < -0.4 is 11.1 Å². The molecule has 0 bridgehead atoms. The number of carbonyl (C=O) groups excluding carboxylic acids is 1. The van der Waals surface area contributed by atoms with E-state index >= 15 is 0 Å². The Morgan fingerprint density at radius 2 is 2.18 bits per heavy atom. The van der Waals surface area contributed by atoms with Crippen LogP contribution >= 0.6 is 0 Å². The standard InChI is InChI=1S/C12H26N4O/c1-4-10(13)7-12(17)14-8-11-9-15(2)5-6-16(11)3/h10-11H,4-9,13H2,1-3H3,(H,14,17). The van der Waals surface area contributed by atoms with E-state index in [2.05, 4.69) is 29.2 Å². The molecule has 0 aliphatic carbocycles. The molecule has 1 rings (SSSR count). The van der Waals surface area contributed by atoms with Crippen molar-refractivity contribution in [1.29, 1.82) is 0 Å². The third-order valence-corrected chi connectivity index (χ3v) is 3.49. The number of piperazine rings is 1. The number of carbonyl (C=O) groups is 1. The first kappa shape index (κ1) is 14.4. The quantitative estimate of drug-likeness (QED) is 0.681. The summed E-state index contributed by atoms with van der Waals surface area (Å²) in [5, 5.41) is 2.98. The van der Waals surface area contributed by atoms with Crippen molar-refractivity contribution in [3.05, 3.63) is 0 Å². The van der Waals surface area contributed by atoms with Gasteiger partial charge in [-0.05, 0) is 20.5 Å². The summed E-state index contributed by atoms with van der Waals surface area (Å²) < 4.78 is 0. The second-order valence-electron chi connectivity index (χ2n) is 5.07. The molecule has 1 aliphatic rings. The van der Waals surface area contributed by atoms with Gasteiger partial charge in [0.05, 0.1) is 0 Å². The lowest BCUT2D eigenvalue weighted by atomic mass is 10.1. The van der Waals surface area contributed by atoms with Crippen LogP contribution in [0, 0.1) is 0 Å². The predicted molar refractivity (Wildman–Crippen MR) is 69.8 cm³/mol. The van der Waals surface area contributed by atoms with Crippen LogP contribution in [0.2, 0.25) is 0 Å². The number of nitrogens with zero attached hydrogens (tertiary/aromatic N) is 2. The molecule has 1 aliphatic heterocycles. The molecule has 1 saturated heterocycles. The molecule has 2 atom stereocenters. The zero-order chi connectivity index (χ0) is 12.8. The van der Waals surface area contributed by atoms with Crippen LogP contribution in [0.25, 0.3) is 0 Å². The summed E-state index contributed by atoms with van der Waals surface area (Å²) in [5.41, 5.74) is 5.75. The van der Waals surface area contributed by atoms with E-state index in [0.29, 0.717) is 12.5 Å². The summed E-state index contributed by atoms with van der Waals surface area (Å²) in [4.78, 5) is 16.2. The van der Waals surface area contributed by atoms with Gasteiger partial charge in [0.2, 0.25) is 5.91 Å². The second-order valence-corrected chi connectivity index (χ2v) is 5.07. The van der Waals surface area contributed by atoms with Gasteiger partial charge in [-0.15, -0.1) is 0 Å². The molecule has 17 heavy (non-hydrogen) atoms. The number of amides is 1. The number of nitrogens with two attached hydrogens (primary N) is 1. The maximum Gasteiger partial charge on any atom is 0.221 e. The summed E-state index contributed by atoms with van der Waals surface area (Å²) in [6.45, 7) is 5.89. The molecule has 3 N–H and O–H groups in total. The van der Waals surface area contributed by atoms with Crippen LogP contribution in [0.15, 0.2) is 0 Å². The van der Waals surface area contributed by atoms with Gasteiger partial charge in [-0.2, -0.15) is 0 Å². The van der Waals surface area contributed by atoms with E-state index in [9.17, 15) is 4.79 Å². The summed E-state index contributed by atoms with van der Waals surface area (Å²) in [6, 6.07) is 0.400. The maximum atomic E-state index is 11.6. The van der Waals surface area contributed by atoms with Crippen LogP contribution in [0.1, 0.15) is 19.8 Å². The van der Waals surface area contributed by atoms with Crippen molar-refractivity contribution >= 4 is 5.91 Å². The average Bonchev–Trinajstić information content (AvgIpc) is 2.30. The first-order chi connectivity index (χ1) is 8.02. The lowest BCUT2D eigenvalue weighted by Crippen LogP contribution is -2.54. The highest BCUT2D eigenvalue weighted by Gasteiger charge is 2.22. The lowest BCUT2D eigenvalue weighted by Gasteiger charge is -2.37. The fourth-order valence-electron chi connectivity index (χ4n) is 2.01. The molecular formula is C12H26N4O. The zero-order valence-electron chi connectivity index (χ0n) is 11.3. The van der Waals surface area contributed by atoms with Gasteiger partial charge in [-0.25, -0.2) is 0 Å². The third kappa shape index (κ3) is 5.02. The minimum absolute atomic E-state index is 0.0123. The van der Waals surface area contributed by atoms with Crippen LogP contribution in [-0.4, -0.2) is 68.1 Å². The van der Waals surface area contributed by atoms with Crippen molar-refractivity contribution in [3.8, 4) is 0 Å². The summed E-state index contributed by atoms with van der Waals surface area (Å²) >= 11 is 0. The fraction of sp³-hybridized carbons (Fsp3) is 0.917. The van der Waals surface area contributed by atoms with Crippen molar-refractivity contribution in [2.24, 2.45) is 5.73 Å². The van der Waals surface area contributed by atoms with E-state index < -0.39 is 0 Å². The first-order valence-electron chi connectivity index (χ1n) is 6.44. The number of hydrogen-bond donors (Lipinski definition) is 2. The highest BCUT2D eigenvalue weighted by molar-refractivity contribution is 5.76. The van der Waals surface area contributed by atoms with E-state index in [-0.39, 0.29) is 11.9 Å². The van der Waals surface area contributed by atoms with Gasteiger partial charge in [0.15, 0.2) is 0 Å². The van der Waals surface area contributed by atoms with Crippen molar-refractivity contribution in [2.75, 3.05) is 40.3 Å². The van der Waals surface area contributed by atoms with E-state index in [0.717, 1.165) is 32.6 Å². The molecule has 0 aromatic rings. The van der Waals surface area contributed by atoms with E-state index in [4.69, 9.17) is 5.73 Å². The maximum absolute atomic E-state index is 11.6. The van der Waals surface area contributed by atoms with Crippen molar-refractivity contribution in [3.63, 3.8) is 0 Å². The molecule has 0 saturated carbocycles. The third-order valence-electron chi connectivity index (χ3n) is 3.49. The minimum Gasteiger partial charge on any atom is -0.354 e. The normalized spacial score (nSPS) is 24.6. The summed E-state index contributed by atoms with van der Waals surface area (Å²) in [6.07, 6.45) is 1.28. The molecule has 5 heteroatoms. The molecule has 0 aromatic heterocycles. The Hall–Kier alpha value is -0.650. The van der Waals surface area contributed by atoms with Gasteiger partial charge in [-0.3, -0.25) is 9.69 Å². The van der Waals surface area contributed by atoms with Gasteiger partial charge >= 0.3 is 0 Å². The van der Waals surface area contributed by atoms with Gasteiger partial charge in [0.1, 0.15) is 0 Å². The Kier molecular flexibility index (Phi) is 5.88. The summed E-state index contributed by atoms with van der Waals surface area (Å²) in [5.74, 6) is 0.0703. The fourth-order valence-corrected chi connectivity index (χ4v) is 2.01. The Bertz CT molecular complexity index is 247. The van der Waals surface area contributed by atoms with Crippen LogP contribution in [0.5, 0.6) is 0 Å². The number of likely N-dealkylation sites (N-methyl/N-ethyl adjacent to an activating group) is 2. The van der Waals surface area contributed by atoms with E-state index in [1.54, 1.807) is 0 Å². The monoisotopic (exact) mass is 242 g/mol. The van der Waals surface area contributed by atoms with Gasteiger partial charge in [0.25, 0.3) is 0 Å². The highest BCUT2D eigenvalue weighted by Crippen LogP contribution is 2.04. The number of nitrogens with one attached hydrogen (secondary N) is 1. The predicted octanol–water partition coefficient (Wildman–Crippen LogP) is -0.524. The second kappa shape index (κ2) is 6.93. The van der Waals surface area contributed by atoms with Gasteiger partial charge in [0, 0.05) is 44.7 Å². The number of hydrogen-bond acceptors (Lipinski definition) is 4. The van der Waals surface area contributed by atoms with Crippen molar-refractivity contribution < 1.29 is 4.79 Å². The van der Waals surface area contributed by atoms with Crippen molar-refractivity contribution in [2.45, 2.75) is 31.8 Å². The van der Waals surface area contributed by atoms with E-state index in [1.165, 1.54) is 0 Å². The first-order valence-corrected chi connectivity index (χ1v) is 6.44. The van der Waals surface area contributed by atoms with Crippen molar-refractivity contribution in [1.82, 2.24) is 15.1 Å². The molecule has 1 fully saturated rings. The number of rotatable bonds is 5. The molecule has 0 radical (unpaired) electrons. The van der Waals surface area contributed by atoms with Gasteiger partial charge < -0.3 is 16.0 Å². The molecule has 1 heterocycles.